The van der Waals surface area contributed by atoms with Gasteiger partial charge in [0.2, 0.25) is 11.6 Å². The van der Waals surface area contributed by atoms with Crippen molar-refractivity contribution in [1.29, 1.82) is 0 Å². The molecule has 8 aromatic rings. The van der Waals surface area contributed by atoms with Crippen LogP contribution in [0.5, 0.6) is 0 Å². The van der Waals surface area contributed by atoms with Gasteiger partial charge in [-0.1, -0.05) is 72.8 Å². The van der Waals surface area contributed by atoms with E-state index in [0.29, 0.717) is 16.9 Å². The van der Waals surface area contributed by atoms with Crippen LogP contribution in [0.25, 0.3) is 50.3 Å². The van der Waals surface area contributed by atoms with Crippen molar-refractivity contribution in [1.82, 2.24) is 23.3 Å². The maximum absolute atomic E-state index is 13.6. The van der Waals surface area contributed by atoms with Gasteiger partial charge in [0.25, 0.3) is 0 Å². The van der Waals surface area contributed by atoms with Gasteiger partial charge in [-0.2, -0.15) is 0 Å². The smallest absolute Gasteiger partial charge is 0.223 e. The number of benzene rings is 5. The predicted octanol–water partition coefficient (Wildman–Crippen LogP) is 7.03. The lowest BCUT2D eigenvalue weighted by Gasteiger charge is -2.06. The molecule has 0 N–H and O–H groups in total. The number of rotatable bonds is 3. The van der Waals surface area contributed by atoms with E-state index in [1.807, 2.05) is 103 Å². The molecule has 0 atom stereocenters. The van der Waals surface area contributed by atoms with Gasteiger partial charge in [-0.15, -0.1) is 0 Å². The number of hydrogen-bond acceptors (Lipinski definition) is 3. The molecule has 3 aromatic heterocycles. The summed E-state index contributed by atoms with van der Waals surface area (Å²) in [6.45, 7) is 0. The van der Waals surface area contributed by atoms with Crippen LogP contribution in [-0.4, -0.2) is 29.1 Å². The van der Waals surface area contributed by atoms with Gasteiger partial charge in [-0.25, -0.2) is 14.5 Å². The second kappa shape index (κ2) is 8.26. The average Bonchev–Trinajstić information content (AvgIpc) is 3.53. The highest BCUT2D eigenvalue weighted by atomic mass is 16.1. The third-order valence-electron chi connectivity index (χ3n) is 7.26. The Bertz CT molecular complexity index is 2240. The normalized spacial score (nSPS) is 11.7. The first-order valence-electron chi connectivity index (χ1n) is 12.8. The number of carbonyl (C=O) groups excluding carboxylic acids is 1. The second-order valence-corrected chi connectivity index (χ2v) is 9.54. The molecule has 0 unspecified atom stereocenters. The molecule has 0 radical (unpaired) electrons. The third-order valence-corrected chi connectivity index (χ3v) is 7.26. The van der Waals surface area contributed by atoms with Crippen LogP contribution in [0, 0.1) is 0 Å². The quantitative estimate of drug-likeness (QED) is 0.243. The second-order valence-electron chi connectivity index (χ2n) is 9.54. The maximum Gasteiger partial charge on any atom is 0.223 e. The zero-order valence-corrected chi connectivity index (χ0v) is 20.8. The third kappa shape index (κ3) is 3.18. The van der Waals surface area contributed by atoms with Crippen molar-refractivity contribution in [3.63, 3.8) is 0 Å². The molecular weight excluding hydrogens is 482 g/mol. The molecule has 0 saturated carbocycles. The summed E-state index contributed by atoms with van der Waals surface area (Å²) < 4.78 is 6.40. The van der Waals surface area contributed by atoms with Crippen LogP contribution in [0.4, 0.5) is 0 Å². The topological polar surface area (TPSA) is 56.6 Å². The highest BCUT2D eigenvalue weighted by Gasteiger charge is 2.20. The van der Waals surface area contributed by atoms with E-state index in [2.05, 4.69) is 37.6 Å². The minimum Gasteiger partial charge on any atom is -0.289 e. The highest BCUT2D eigenvalue weighted by molar-refractivity contribution is 6.10. The number of ketones is 1. The van der Waals surface area contributed by atoms with Crippen molar-refractivity contribution in [2.75, 3.05) is 0 Å². The molecule has 0 saturated heterocycles. The zero-order valence-electron chi connectivity index (χ0n) is 20.8. The monoisotopic (exact) mass is 503 g/mol. The van der Waals surface area contributed by atoms with E-state index in [1.165, 1.54) is 0 Å². The fourth-order valence-corrected chi connectivity index (χ4v) is 5.49. The van der Waals surface area contributed by atoms with Gasteiger partial charge in [0.15, 0.2) is 5.78 Å². The minimum atomic E-state index is -0.0238. The summed E-state index contributed by atoms with van der Waals surface area (Å²) in [5.41, 5.74) is 7.68. The molecule has 5 aromatic carbocycles. The van der Waals surface area contributed by atoms with Crippen LogP contribution in [-0.2, 0) is 0 Å². The summed E-state index contributed by atoms with van der Waals surface area (Å²) in [7, 11) is 0. The lowest BCUT2D eigenvalue weighted by Crippen LogP contribution is -2.02. The van der Waals surface area contributed by atoms with E-state index in [1.54, 1.807) is 0 Å². The number of hydrogen-bond donors (Lipinski definition) is 0. The van der Waals surface area contributed by atoms with Gasteiger partial charge in [0.1, 0.15) is 0 Å². The van der Waals surface area contributed by atoms with Crippen molar-refractivity contribution in [2.24, 2.45) is 0 Å². The number of aromatic nitrogens is 5. The molecular formula is C33H21N5O. The number of nitrogens with zero attached hydrogens (tertiary/aromatic N) is 5. The standard InChI is InChI=1S/C33H21N5O/c39-31(22-11-3-1-4-12-22)23-19-20-29-30(21-23)38-28-18-10-8-16-26(28)35-33(38)36(24-13-5-2-6-14-24)32-34-25-15-7-9-17-27(25)37(29)32/h1-21H. The van der Waals surface area contributed by atoms with Gasteiger partial charge in [0, 0.05) is 11.1 Å². The Balaban J connectivity index is 1.64. The molecule has 0 spiro atoms. The van der Waals surface area contributed by atoms with Crippen LogP contribution >= 0.6 is 0 Å². The predicted molar refractivity (Wildman–Crippen MR) is 154 cm³/mol. The van der Waals surface area contributed by atoms with Gasteiger partial charge in [-0.3, -0.25) is 13.6 Å². The van der Waals surface area contributed by atoms with Crippen molar-refractivity contribution in [3.05, 3.63) is 139 Å². The fraction of sp³-hybridized carbons (Fsp3) is 0. The van der Waals surface area contributed by atoms with E-state index < -0.39 is 0 Å². The van der Waals surface area contributed by atoms with Gasteiger partial charge < -0.3 is 0 Å². The summed E-state index contributed by atoms with van der Waals surface area (Å²) in [5.74, 6) is 1.42. The van der Waals surface area contributed by atoms with Crippen LogP contribution in [0.15, 0.2) is 127 Å². The maximum atomic E-state index is 13.6. The lowest BCUT2D eigenvalue weighted by atomic mass is 10.0. The van der Waals surface area contributed by atoms with Crippen LogP contribution < -0.4 is 0 Å². The van der Waals surface area contributed by atoms with E-state index in [0.717, 1.165) is 44.6 Å². The summed E-state index contributed by atoms with van der Waals surface area (Å²) in [5, 5.41) is 0. The molecule has 0 aliphatic heterocycles. The number of carbonyl (C=O) groups is 1. The fourth-order valence-electron chi connectivity index (χ4n) is 5.49. The first kappa shape index (κ1) is 21.6. The van der Waals surface area contributed by atoms with E-state index in [-0.39, 0.29) is 5.78 Å². The number of imidazole rings is 2. The summed E-state index contributed by atoms with van der Waals surface area (Å²) in [6, 6.07) is 41.7. The number of fused-ring (bicyclic) bond motifs is 9. The Kier molecular flexibility index (Phi) is 4.57. The molecule has 39 heavy (non-hydrogen) atoms. The summed E-state index contributed by atoms with van der Waals surface area (Å²) in [6.07, 6.45) is 0. The Hall–Kier alpha value is -5.49. The van der Waals surface area contributed by atoms with Gasteiger partial charge in [0.05, 0.1) is 38.8 Å². The molecule has 8 rings (SSSR count). The molecule has 0 amide bonds. The van der Waals surface area contributed by atoms with Crippen LogP contribution in [0.2, 0.25) is 0 Å². The first-order valence-corrected chi connectivity index (χ1v) is 12.8. The summed E-state index contributed by atoms with van der Waals surface area (Å²) >= 11 is 0. The SMILES string of the molecule is O=C(c1ccccc1)c1ccc2c(c1)n1c3ccccc3nc1n(-c1ccccc1)c1nc3ccccc3n21. The average molecular weight is 504 g/mol. The zero-order chi connectivity index (χ0) is 25.9. The Labute approximate surface area is 222 Å². The Morgan fingerprint density at radius 2 is 1.03 bits per heavy atom. The number of para-hydroxylation sites is 5. The van der Waals surface area contributed by atoms with Crippen LogP contribution in [0.3, 0.4) is 0 Å². The molecule has 6 heteroatoms. The first-order chi connectivity index (χ1) is 19.3. The van der Waals surface area contributed by atoms with Crippen molar-refractivity contribution in [2.45, 2.75) is 0 Å². The molecule has 6 nitrogen and oxygen atoms in total. The molecule has 0 aliphatic carbocycles. The van der Waals surface area contributed by atoms with Gasteiger partial charge >= 0.3 is 0 Å². The Morgan fingerprint density at radius 1 is 0.487 bits per heavy atom. The van der Waals surface area contributed by atoms with Crippen molar-refractivity contribution < 1.29 is 4.79 Å². The molecule has 0 aliphatic rings. The molecule has 184 valence electrons. The largest absolute Gasteiger partial charge is 0.289 e. The minimum absolute atomic E-state index is 0.0238. The lowest BCUT2D eigenvalue weighted by molar-refractivity contribution is 0.103. The molecule has 0 bridgehead atoms. The van der Waals surface area contributed by atoms with Crippen molar-refractivity contribution >= 4 is 50.4 Å². The highest BCUT2D eigenvalue weighted by Crippen LogP contribution is 2.30. The molecule has 0 fully saturated rings. The van der Waals surface area contributed by atoms with E-state index in [4.69, 9.17) is 9.97 Å². The molecule has 3 heterocycles. The Morgan fingerprint density at radius 3 is 1.67 bits per heavy atom. The van der Waals surface area contributed by atoms with Crippen LogP contribution in [0.1, 0.15) is 15.9 Å². The summed E-state index contributed by atoms with van der Waals surface area (Å²) in [4.78, 5) is 23.8. The van der Waals surface area contributed by atoms with Crippen molar-refractivity contribution in [3.8, 4) is 5.69 Å². The van der Waals surface area contributed by atoms with E-state index in [9.17, 15) is 4.79 Å². The van der Waals surface area contributed by atoms with E-state index >= 15 is 0 Å². The van der Waals surface area contributed by atoms with Gasteiger partial charge in [-0.05, 0) is 54.6 Å².